The molecule has 86 valence electrons. The molecule has 0 spiro atoms. The van der Waals surface area contributed by atoms with Crippen LogP contribution in [0.2, 0.25) is 0 Å². The average Bonchev–Trinajstić information content (AvgIpc) is 2.38. The first-order valence-electron chi connectivity index (χ1n) is 5.23. The molecule has 0 saturated carbocycles. The molecule has 1 aromatic heterocycles. The SMILES string of the molecule is O=C(NCc1ccccc1)c1ccc(O)nc1. The number of benzene rings is 1. The Morgan fingerprint density at radius 1 is 1.18 bits per heavy atom. The Balaban J connectivity index is 1.96. The molecule has 0 atom stereocenters. The zero-order valence-electron chi connectivity index (χ0n) is 9.13. The van der Waals surface area contributed by atoms with Gasteiger partial charge in [-0.2, -0.15) is 0 Å². The molecule has 0 aliphatic rings. The Morgan fingerprint density at radius 3 is 2.59 bits per heavy atom. The number of nitrogens with one attached hydrogen (secondary N) is 1. The summed E-state index contributed by atoms with van der Waals surface area (Å²) in [6.45, 7) is 0.473. The molecular weight excluding hydrogens is 216 g/mol. The summed E-state index contributed by atoms with van der Waals surface area (Å²) in [5.74, 6) is -0.300. The summed E-state index contributed by atoms with van der Waals surface area (Å²) in [6, 6.07) is 12.6. The van der Waals surface area contributed by atoms with Crippen LogP contribution in [0.1, 0.15) is 15.9 Å². The molecule has 1 amide bonds. The van der Waals surface area contributed by atoms with E-state index >= 15 is 0 Å². The lowest BCUT2D eigenvalue weighted by Gasteiger charge is -2.04. The first-order chi connectivity index (χ1) is 8.25. The molecule has 2 rings (SSSR count). The minimum Gasteiger partial charge on any atom is -0.493 e. The maximum absolute atomic E-state index is 11.7. The van der Waals surface area contributed by atoms with Crippen LogP contribution < -0.4 is 5.32 Å². The molecule has 0 unspecified atom stereocenters. The number of amides is 1. The minimum atomic E-state index is -0.207. The van der Waals surface area contributed by atoms with Crippen molar-refractivity contribution in [2.45, 2.75) is 6.54 Å². The monoisotopic (exact) mass is 228 g/mol. The number of carbonyl (C=O) groups is 1. The van der Waals surface area contributed by atoms with E-state index in [0.29, 0.717) is 12.1 Å². The number of carbonyl (C=O) groups excluding carboxylic acids is 1. The zero-order valence-corrected chi connectivity index (χ0v) is 9.13. The van der Waals surface area contributed by atoms with Crippen molar-refractivity contribution >= 4 is 5.91 Å². The molecule has 4 nitrogen and oxygen atoms in total. The summed E-state index contributed by atoms with van der Waals surface area (Å²) < 4.78 is 0. The molecule has 0 bridgehead atoms. The lowest BCUT2D eigenvalue weighted by atomic mass is 10.2. The molecule has 2 N–H and O–H groups in total. The maximum atomic E-state index is 11.7. The van der Waals surface area contributed by atoms with Crippen LogP contribution in [0, 0.1) is 0 Å². The average molecular weight is 228 g/mol. The lowest BCUT2D eigenvalue weighted by molar-refractivity contribution is 0.0950. The highest BCUT2D eigenvalue weighted by Crippen LogP contribution is 2.05. The van der Waals surface area contributed by atoms with E-state index in [1.165, 1.54) is 18.3 Å². The van der Waals surface area contributed by atoms with Crippen LogP contribution in [0.15, 0.2) is 48.7 Å². The van der Waals surface area contributed by atoms with Gasteiger partial charge in [0.1, 0.15) is 0 Å². The molecular formula is C13H12N2O2. The number of nitrogens with zero attached hydrogens (tertiary/aromatic N) is 1. The predicted octanol–water partition coefficient (Wildman–Crippen LogP) is 1.72. The molecule has 1 heterocycles. The molecule has 2 aromatic rings. The molecule has 0 aliphatic carbocycles. The Kier molecular flexibility index (Phi) is 3.35. The highest BCUT2D eigenvalue weighted by atomic mass is 16.3. The Bertz CT molecular complexity index is 495. The van der Waals surface area contributed by atoms with Gasteiger partial charge in [0.15, 0.2) is 0 Å². The van der Waals surface area contributed by atoms with E-state index in [1.807, 2.05) is 30.3 Å². The fraction of sp³-hybridized carbons (Fsp3) is 0.0769. The highest BCUT2D eigenvalue weighted by molar-refractivity contribution is 5.93. The number of aromatic nitrogens is 1. The summed E-state index contributed by atoms with van der Waals surface area (Å²) in [5.41, 5.74) is 1.46. The zero-order chi connectivity index (χ0) is 12.1. The van der Waals surface area contributed by atoms with Gasteiger partial charge >= 0.3 is 0 Å². The number of aromatic hydroxyl groups is 1. The number of hydrogen-bond donors (Lipinski definition) is 2. The molecule has 17 heavy (non-hydrogen) atoms. The van der Waals surface area contributed by atoms with E-state index in [4.69, 9.17) is 5.11 Å². The molecule has 4 heteroatoms. The largest absolute Gasteiger partial charge is 0.493 e. The first-order valence-corrected chi connectivity index (χ1v) is 5.23. The molecule has 0 fully saturated rings. The highest BCUT2D eigenvalue weighted by Gasteiger charge is 2.05. The summed E-state index contributed by atoms with van der Waals surface area (Å²) in [6.07, 6.45) is 1.34. The third-order valence-corrected chi connectivity index (χ3v) is 2.31. The van der Waals surface area contributed by atoms with Crippen molar-refractivity contribution in [3.8, 4) is 5.88 Å². The van der Waals surface area contributed by atoms with Crippen molar-refractivity contribution in [2.75, 3.05) is 0 Å². The van der Waals surface area contributed by atoms with Gasteiger partial charge in [-0.3, -0.25) is 4.79 Å². The van der Waals surface area contributed by atoms with Gasteiger partial charge in [0.25, 0.3) is 5.91 Å². The summed E-state index contributed by atoms with van der Waals surface area (Å²) in [4.78, 5) is 15.3. The van der Waals surface area contributed by atoms with Crippen LogP contribution in [-0.2, 0) is 6.54 Å². The van der Waals surface area contributed by atoms with Crippen LogP contribution in [0.25, 0.3) is 0 Å². The first kappa shape index (κ1) is 11.1. The topological polar surface area (TPSA) is 62.2 Å². The van der Waals surface area contributed by atoms with Gasteiger partial charge in [-0.05, 0) is 11.6 Å². The molecule has 0 aliphatic heterocycles. The Labute approximate surface area is 98.9 Å². The van der Waals surface area contributed by atoms with Gasteiger partial charge in [-0.15, -0.1) is 0 Å². The summed E-state index contributed by atoms with van der Waals surface area (Å²) in [7, 11) is 0. The van der Waals surface area contributed by atoms with Gasteiger partial charge in [-0.25, -0.2) is 4.98 Å². The van der Waals surface area contributed by atoms with Crippen LogP contribution >= 0.6 is 0 Å². The minimum absolute atomic E-state index is 0.0930. The lowest BCUT2D eigenvalue weighted by Crippen LogP contribution is -2.22. The quantitative estimate of drug-likeness (QED) is 0.840. The number of rotatable bonds is 3. The van der Waals surface area contributed by atoms with Crippen LogP contribution in [-0.4, -0.2) is 16.0 Å². The summed E-state index contributed by atoms with van der Waals surface area (Å²) >= 11 is 0. The van der Waals surface area contributed by atoms with Gasteiger partial charge in [0, 0.05) is 18.8 Å². The van der Waals surface area contributed by atoms with E-state index in [2.05, 4.69) is 10.3 Å². The van der Waals surface area contributed by atoms with Gasteiger partial charge in [0.05, 0.1) is 5.56 Å². The smallest absolute Gasteiger partial charge is 0.253 e. The van der Waals surface area contributed by atoms with Crippen molar-refractivity contribution < 1.29 is 9.90 Å². The normalized spacial score (nSPS) is 9.88. The Morgan fingerprint density at radius 2 is 1.94 bits per heavy atom. The number of pyridine rings is 1. The second-order valence-electron chi connectivity index (χ2n) is 3.57. The molecule has 1 aromatic carbocycles. The van der Waals surface area contributed by atoms with Gasteiger partial charge in [0.2, 0.25) is 5.88 Å². The van der Waals surface area contributed by atoms with Crippen LogP contribution in [0.5, 0.6) is 5.88 Å². The second kappa shape index (κ2) is 5.12. The van der Waals surface area contributed by atoms with Crippen molar-refractivity contribution in [1.82, 2.24) is 10.3 Å². The molecule has 0 saturated heterocycles. The van der Waals surface area contributed by atoms with Crippen molar-refractivity contribution in [1.29, 1.82) is 0 Å². The van der Waals surface area contributed by atoms with Crippen molar-refractivity contribution in [2.24, 2.45) is 0 Å². The van der Waals surface area contributed by atoms with Gasteiger partial charge in [-0.1, -0.05) is 30.3 Å². The Hall–Kier alpha value is -2.36. The van der Waals surface area contributed by atoms with E-state index < -0.39 is 0 Å². The van der Waals surface area contributed by atoms with E-state index in [-0.39, 0.29) is 11.8 Å². The third-order valence-electron chi connectivity index (χ3n) is 2.31. The van der Waals surface area contributed by atoms with Gasteiger partial charge < -0.3 is 10.4 Å². The van der Waals surface area contributed by atoms with E-state index in [9.17, 15) is 4.79 Å². The van der Waals surface area contributed by atoms with Crippen molar-refractivity contribution in [3.63, 3.8) is 0 Å². The van der Waals surface area contributed by atoms with Crippen molar-refractivity contribution in [3.05, 3.63) is 59.8 Å². The standard InChI is InChI=1S/C13H12N2O2/c16-12-7-6-11(9-14-12)13(17)15-8-10-4-2-1-3-5-10/h1-7,9H,8H2,(H,14,16)(H,15,17). The predicted molar refractivity (Wildman–Crippen MR) is 63.5 cm³/mol. The number of hydrogen-bond acceptors (Lipinski definition) is 3. The van der Waals surface area contributed by atoms with E-state index in [0.717, 1.165) is 5.56 Å². The third kappa shape index (κ3) is 3.04. The second-order valence-corrected chi connectivity index (χ2v) is 3.57. The van der Waals surface area contributed by atoms with Crippen LogP contribution in [0.3, 0.4) is 0 Å². The van der Waals surface area contributed by atoms with E-state index in [1.54, 1.807) is 0 Å². The fourth-order valence-electron chi connectivity index (χ4n) is 1.40. The summed E-state index contributed by atoms with van der Waals surface area (Å²) in [5, 5.41) is 11.8. The van der Waals surface area contributed by atoms with Crippen LogP contribution in [0.4, 0.5) is 0 Å². The molecule has 0 radical (unpaired) electrons. The maximum Gasteiger partial charge on any atom is 0.253 e. The fourth-order valence-corrected chi connectivity index (χ4v) is 1.40.